The van der Waals surface area contributed by atoms with E-state index in [1.807, 2.05) is 0 Å². The largest absolute Gasteiger partial charge is 0.373 e. The number of sulfone groups is 1. The molecule has 0 N–H and O–H groups in total. The Labute approximate surface area is 65.5 Å². The van der Waals surface area contributed by atoms with E-state index < -0.39 is 15.9 Å². The second-order valence-electron chi connectivity index (χ2n) is 2.56. The molecular weight excluding hydrogens is 168 g/mol. The van der Waals surface area contributed by atoms with Crippen LogP contribution in [0.15, 0.2) is 0 Å². The van der Waals surface area contributed by atoms with Gasteiger partial charge in [-0.1, -0.05) is 0 Å². The minimum atomic E-state index is -3.02. The van der Waals surface area contributed by atoms with Crippen LogP contribution in [0.1, 0.15) is 6.42 Å². The van der Waals surface area contributed by atoms with Gasteiger partial charge in [-0.3, -0.25) is 4.79 Å². The average molecular weight is 178 g/mol. The fourth-order valence-electron chi connectivity index (χ4n) is 1.02. The Balaban J connectivity index is 2.74. The molecule has 0 amide bonds. The number of ketones is 1. The minimum absolute atomic E-state index is 0.0221. The summed E-state index contributed by atoms with van der Waals surface area (Å²) in [5.74, 6) is -0.282. The predicted molar refractivity (Wildman–Crippen MR) is 39.1 cm³/mol. The van der Waals surface area contributed by atoms with Crippen molar-refractivity contribution in [2.75, 3.05) is 18.6 Å². The van der Waals surface area contributed by atoms with E-state index in [0.717, 1.165) is 0 Å². The van der Waals surface area contributed by atoms with Crippen LogP contribution >= 0.6 is 0 Å². The molecular formula is C6H10O4S. The summed E-state index contributed by atoms with van der Waals surface area (Å²) in [5.41, 5.74) is 0. The van der Waals surface area contributed by atoms with E-state index >= 15 is 0 Å². The number of hydrogen-bond donors (Lipinski definition) is 0. The zero-order chi connectivity index (χ0) is 8.48. The number of hydrogen-bond acceptors (Lipinski definition) is 4. The first-order valence-electron chi connectivity index (χ1n) is 3.31. The lowest BCUT2D eigenvalue weighted by Gasteiger charge is -2.18. The van der Waals surface area contributed by atoms with Crippen LogP contribution in [0.4, 0.5) is 0 Å². The monoisotopic (exact) mass is 178 g/mol. The Morgan fingerprint density at radius 3 is 2.64 bits per heavy atom. The number of carbonyl (C=O) groups excluding carboxylic acids is 1. The van der Waals surface area contributed by atoms with Crippen molar-refractivity contribution in [1.82, 2.24) is 0 Å². The molecule has 4 nitrogen and oxygen atoms in total. The van der Waals surface area contributed by atoms with Crippen LogP contribution in [0.2, 0.25) is 0 Å². The van der Waals surface area contributed by atoms with Gasteiger partial charge in [0, 0.05) is 13.5 Å². The summed E-state index contributed by atoms with van der Waals surface area (Å²) in [5, 5.41) is 0. The molecule has 0 bridgehead atoms. The van der Waals surface area contributed by atoms with E-state index in [0.29, 0.717) is 0 Å². The molecule has 1 aliphatic rings. The zero-order valence-corrected chi connectivity index (χ0v) is 7.06. The van der Waals surface area contributed by atoms with Gasteiger partial charge in [-0.05, 0) is 0 Å². The summed E-state index contributed by atoms with van der Waals surface area (Å²) in [4.78, 5) is 10.9. The van der Waals surface area contributed by atoms with Crippen molar-refractivity contribution >= 4 is 15.6 Å². The van der Waals surface area contributed by atoms with E-state index in [4.69, 9.17) is 4.74 Å². The van der Waals surface area contributed by atoms with Crippen molar-refractivity contribution in [1.29, 1.82) is 0 Å². The molecule has 0 radical (unpaired) electrons. The Hall–Kier alpha value is -0.420. The van der Waals surface area contributed by atoms with Gasteiger partial charge in [-0.25, -0.2) is 8.42 Å². The second-order valence-corrected chi connectivity index (χ2v) is 4.78. The molecule has 1 atom stereocenters. The zero-order valence-electron chi connectivity index (χ0n) is 6.24. The highest BCUT2D eigenvalue weighted by atomic mass is 32.2. The molecule has 1 rings (SSSR count). The molecule has 1 fully saturated rings. The fourth-order valence-corrected chi connectivity index (χ4v) is 2.49. The summed E-state index contributed by atoms with van der Waals surface area (Å²) in [7, 11) is -1.67. The van der Waals surface area contributed by atoms with Crippen LogP contribution in [0.5, 0.6) is 0 Å². The summed E-state index contributed by atoms with van der Waals surface area (Å²) in [6, 6.07) is 0. The predicted octanol–water partition coefficient (Wildman–Crippen LogP) is -0.611. The van der Waals surface area contributed by atoms with Crippen molar-refractivity contribution < 1.29 is 17.9 Å². The molecule has 64 valence electrons. The van der Waals surface area contributed by atoms with Crippen molar-refractivity contribution in [2.45, 2.75) is 12.5 Å². The van der Waals surface area contributed by atoms with Gasteiger partial charge >= 0.3 is 0 Å². The average Bonchev–Trinajstić information content (AvgIpc) is 1.94. The smallest absolute Gasteiger partial charge is 0.163 e. The quantitative estimate of drug-likeness (QED) is 0.537. The van der Waals surface area contributed by atoms with Crippen LogP contribution < -0.4 is 0 Å². The van der Waals surface area contributed by atoms with Gasteiger partial charge in [0.1, 0.15) is 6.10 Å². The molecule has 1 saturated heterocycles. The first-order chi connectivity index (χ1) is 5.05. The van der Waals surface area contributed by atoms with Gasteiger partial charge in [0.25, 0.3) is 0 Å². The number of methoxy groups -OCH3 is 1. The SMILES string of the molecule is CO[C@H]1CS(=O)(=O)CCC1=O. The maximum Gasteiger partial charge on any atom is 0.163 e. The highest BCUT2D eigenvalue weighted by Crippen LogP contribution is 2.10. The van der Waals surface area contributed by atoms with Crippen molar-refractivity contribution in [2.24, 2.45) is 0 Å². The third-order valence-electron chi connectivity index (χ3n) is 1.71. The second kappa shape index (κ2) is 2.91. The Morgan fingerprint density at radius 1 is 1.55 bits per heavy atom. The van der Waals surface area contributed by atoms with Crippen LogP contribution in [-0.2, 0) is 19.4 Å². The maximum absolute atomic E-state index is 10.9. The molecule has 0 aromatic carbocycles. The van der Waals surface area contributed by atoms with E-state index in [1.165, 1.54) is 7.11 Å². The van der Waals surface area contributed by atoms with Crippen LogP contribution in [0.25, 0.3) is 0 Å². The van der Waals surface area contributed by atoms with E-state index in [1.54, 1.807) is 0 Å². The molecule has 0 aromatic rings. The van der Waals surface area contributed by atoms with Crippen molar-refractivity contribution in [3.63, 3.8) is 0 Å². The highest BCUT2D eigenvalue weighted by molar-refractivity contribution is 7.91. The highest BCUT2D eigenvalue weighted by Gasteiger charge is 2.31. The van der Waals surface area contributed by atoms with E-state index in [2.05, 4.69) is 0 Å². The molecule has 0 aromatic heterocycles. The van der Waals surface area contributed by atoms with Gasteiger partial charge in [-0.15, -0.1) is 0 Å². The lowest BCUT2D eigenvalue weighted by Crippen LogP contribution is -2.38. The Kier molecular flexibility index (Phi) is 2.29. The van der Waals surface area contributed by atoms with Crippen LogP contribution in [0, 0.1) is 0 Å². The van der Waals surface area contributed by atoms with Gasteiger partial charge in [0.2, 0.25) is 0 Å². The van der Waals surface area contributed by atoms with Crippen LogP contribution in [-0.4, -0.2) is 38.9 Å². The number of rotatable bonds is 1. The molecule has 0 aliphatic carbocycles. The number of carbonyl (C=O) groups is 1. The third kappa shape index (κ3) is 2.00. The first-order valence-corrected chi connectivity index (χ1v) is 5.13. The maximum atomic E-state index is 10.9. The molecule has 1 heterocycles. The molecule has 0 spiro atoms. The number of ether oxygens (including phenoxy) is 1. The topological polar surface area (TPSA) is 60.4 Å². The summed E-state index contributed by atoms with van der Waals surface area (Å²) in [6.45, 7) is 0. The molecule has 0 saturated carbocycles. The van der Waals surface area contributed by atoms with E-state index in [9.17, 15) is 13.2 Å². The standard InChI is InChI=1S/C6H10O4S/c1-10-6-4-11(8,9)3-2-5(6)7/h6H,2-4H2,1H3/t6-/m0/s1. The summed E-state index contributed by atoms with van der Waals surface area (Å²) < 4.78 is 26.6. The molecule has 11 heavy (non-hydrogen) atoms. The normalized spacial score (nSPS) is 30.3. The van der Waals surface area contributed by atoms with Gasteiger partial charge in [0.05, 0.1) is 11.5 Å². The summed E-state index contributed by atoms with van der Waals surface area (Å²) >= 11 is 0. The van der Waals surface area contributed by atoms with Gasteiger partial charge in [-0.2, -0.15) is 0 Å². The van der Waals surface area contributed by atoms with E-state index in [-0.39, 0.29) is 23.7 Å². The summed E-state index contributed by atoms with van der Waals surface area (Å²) in [6.07, 6.45) is -0.630. The third-order valence-corrected chi connectivity index (χ3v) is 3.35. The molecule has 5 heteroatoms. The fraction of sp³-hybridized carbons (Fsp3) is 0.833. The van der Waals surface area contributed by atoms with Crippen molar-refractivity contribution in [3.8, 4) is 0 Å². The lowest BCUT2D eigenvalue weighted by atomic mass is 10.2. The molecule has 1 aliphatic heterocycles. The Bertz CT molecular complexity index is 254. The number of Topliss-reactive ketones (excluding diaryl/α,β-unsaturated/α-hetero) is 1. The molecule has 0 unspecified atom stereocenters. The van der Waals surface area contributed by atoms with Crippen LogP contribution in [0.3, 0.4) is 0 Å². The van der Waals surface area contributed by atoms with Gasteiger partial charge < -0.3 is 4.74 Å². The van der Waals surface area contributed by atoms with Crippen molar-refractivity contribution in [3.05, 3.63) is 0 Å². The lowest BCUT2D eigenvalue weighted by molar-refractivity contribution is -0.127. The van der Waals surface area contributed by atoms with Gasteiger partial charge in [0.15, 0.2) is 15.6 Å². The Morgan fingerprint density at radius 2 is 2.18 bits per heavy atom. The minimum Gasteiger partial charge on any atom is -0.373 e. The first kappa shape index (κ1) is 8.67.